The van der Waals surface area contributed by atoms with Gasteiger partial charge in [-0.3, -0.25) is 0 Å². The van der Waals surface area contributed by atoms with Crippen LogP contribution in [0.1, 0.15) is 78.3 Å². The van der Waals surface area contributed by atoms with E-state index in [1.165, 1.54) is 23.0 Å². The maximum Gasteiger partial charge on any atom is 0.335 e. The monoisotopic (exact) mass is 503 g/mol. The minimum absolute atomic E-state index is 0.00633. The highest BCUT2D eigenvalue weighted by atomic mass is 16.4. The zero-order chi connectivity index (χ0) is 27.2. The number of nitriles is 1. The third kappa shape index (κ3) is 4.44. The summed E-state index contributed by atoms with van der Waals surface area (Å²) >= 11 is 0. The van der Waals surface area contributed by atoms with Crippen molar-refractivity contribution in [2.24, 2.45) is 17.3 Å². The number of carboxylic acid groups (broad SMARTS) is 2. The normalized spacial score (nSPS) is 12.1. The summed E-state index contributed by atoms with van der Waals surface area (Å²) in [6.45, 7) is 10.00. The molecule has 0 aliphatic rings. The third-order valence-electron chi connectivity index (χ3n) is 5.60. The molecule has 4 rings (SSSR count). The van der Waals surface area contributed by atoms with E-state index in [-0.39, 0.29) is 34.1 Å². The molecule has 0 spiro atoms. The predicted molar refractivity (Wildman–Crippen MR) is 131 cm³/mol. The van der Waals surface area contributed by atoms with E-state index in [9.17, 15) is 25.1 Å². The molecule has 0 bridgehead atoms. The lowest BCUT2D eigenvalue weighted by atomic mass is 9.91. The summed E-state index contributed by atoms with van der Waals surface area (Å²) in [6.07, 6.45) is 1.25. The van der Waals surface area contributed by atoms with Gasteiger partial charge < -0.3 is 10.2 Å². The van der Waals surface area contributed by atoms with Crippen LogP contribution in [-0.2, 0) is 12.5 Å². The lowest BCUT2D eigenvalue weighted by Gasteiger charge is -2.15. The molecule has 0 fully saturated rings. The maximum atomic E-state index is 11.6. The molecule has 0 saturated heterocycles. The van der Waals surface area contributed by atoms with Gasteiger partial charge in [-0.1, -0.05) is 34.6 Å². The largest absolute Gasteiger partial charge is 0.478 e. The van der Waals surface area contributed by atoms with Gasteiger partial charge in [0.15, 0.2) is 23.0 Å². The van der Waals surface area contributed by atoms with Crippen molar-refractivity contribution >= 4 is 29.1 Å². The second-order valence-electron chi connectivity index (χ2n) is 9.80. The van der Waals surface area contributed by atoms with Crippen molar-refractivity contribution in [3.05, 3.63) is 52.6 Å². The van der Waals surface area contributed by atoms with Gasteiger partial charge in [-0.15, -0.1) is 10.2 Å². The van der Waals surface area contributed by atoms with Crippen molar-refractivity contribution in [3.63, 3.8) is 0 Å². The molecule has 3 heterocycles. The highest BCUT2D eigenvalue weighted by molar-refractivity contribution is 5.94. The molecule has 13 nitrogen and oxygen atoms in total. The van der Waals surface area contributed by atoms with Gasteiger partial charge in [-0.25, -0.2) is 19.0 Å². The Labute approximate surface area is 211 Å². The first-order valence-electron chi connectivity index (χ1n) is 11.3. The molecule has 0 saturated carbocycles. The molecule has 4 aromatic rings. The van der Waals surface area contributed by atoms with Crippen LogP contribution in [0, 0.1) is 11.3 Å². The van der Waals surface area contributed by atoms with Crippen LogP contribution in [0.5, 0.6) is 0 Å². The van der Waals surface area contributed by atoms with Gasteiger partial charge in [0, 0.05) is 18.4 Å². The summed E-state index contributed by atoms with van der Waals surface area (Å²) in [7, 11) is 1.78. The smallest absolute Gasteiger partial charge is 0.335 e. The van der Waals surface area contributed by atoms with E-state index in [0.717, 1.165) is 11.9 Å². The molecular weight excluding hydrogens is 478 g/mol. The summed E-state index contributed by atoms with van der Waals surface area (Å²) in [6, 6.07) is 5.53. The number of azo groups is 1. The van der Waals surface area contributed by atoms with Crippen molar-refractivity contribution in [2.75, 3.05) is 0 Å². The summed E-state index contributed by atoms with van der Waals surface area (Å²) in [5.74, 6) is -1.77. The van der Waals surface area contributed by atoms with Gasteiger partial charge >= 0.3 is 11.9 Å². The van der Waals surface area contributed by atoms with Gasteiger partial charge in [0.05, 0.1) is 28.7 Å². The Morgan fingerprint density at radius 1 is 1.05 bits per heavy atom. The molecule has 3 aromatic heterocycles. The van der Waals surface area contributed by atoms with E-state index in [0.29, 0.717) is 17.0 Å². The van der Waals surface area contributed by atoms with Crippen molar-refractivity contribution in [1.82, 2.24) is 29.2 Å². The van der Waals surface area contributed by atoms with Crippen LogP contribution in [0.15, 0.2) is 34.6 Å². The van der Waals surface area contributed by atoms with Crippen LogP contribution in [0.2, 0.25) is 0 Å². The number of aromatic nitrogens is 6. The first-order valence-corrected chi connectivity index (χ1v) is 11.3. The van der Waals surface area contributed by atoms with Crippen molar-refractivity contribution < 1.29 is 19.8 Å². The number of benzene rings is 1. The fourth-order valence-corrected chi connectivity index (χ4v) is 3.84. The molecular formula is C24H25N9O4. The average molecular weight is 504 g/mol. The van der Waals surface area contributed by atoms with Crippen molar-refractivity contribution in [2.45, 2.75) is 46.0 Å². The van der Waals surface area contributed by atoms with E-state index >= 15 is 0 Å². The average Bonchev–Trinajstić information content (AvgIpc) is 3.49. The quantitative estimate of drug-likeness (QED) is 0.365. The van der Waals surface area contributed by atoms with E-state index in [4.69, 9.17) is 5.10 Å². The molecule has 0 radical (unpaired) electrons. The number of rotatable bonds is 6. The zero-order valence-corrected chi connectivity index (χ0v) is 21.1. The lowest BCUT2D eigenvalue weighted by molar-refractivity contribution is 0.0696. The van der Waals surface area contributed by atoms with E-state index in [2.05, 4.69) is 20.4 Å². The molecule has 0 atom stereocenters. The molecule has 2 N–H and O–H groups in total. The molecule has 1 aromatic carbocycles. The topological polar surface area (TPSA) is 176 Å². The first kappa shape index (κ1) is 25.2. The van der Waals surface area contributed by atoms with Crippen LogP contribution in [-0.4, -0.2) is 51.3 Å². The lowest BCUT2D eigenvalue weighted by Crippen LogP contribution is -2.13. The Balaban J connectivity index is 1.94. The standard InChI is InChI=1S/C24H25N9O4/c1-12(2)19-30-31(6)21-17(18(24(3,4)5)29-33(19)21)27-28-20-15(10-25)11-26-32(20)16-8-13(22(34)35)7-14(9-16)23(36)37/h7-9,11-12H,1-6H3,(H,34,35)(H,36,37)/b28-27+. The Bertz CT molecular complexity index is 1590. The molecule has 0 aliphatic heterocycles. The van der Waals surface area contributed by atoms with Gasteiger partial charge in [0.1, 0.15) is 11.6 Å². The minimum atomic E-state index is -1.31. The predicted octanol–water partition coefficient (Wildman–Crippen LogP) is 4.36. The molecule has 13 heteroatoms. The summed E-state index contributed by atoms with van der Waals surface area (Å²) in [5, 5.41) is 50.9. The summed E-state index contributed by atoms with van der Waals surface area (Å²) < 4.78 is 4.59. The molecule has 0 unspecified atom stereocenters. The van der Waals surface area contributed by atoms with Crippen molar-refractivity contribution in [1.29, 1.82) is 5.26 Å². The van der Waals surface area contributed by atoms with Crippen molar-refractivity contribution in [3.8, 4) is 11.8 Å². The molecule has 190 valence electrons. The fraction of sp³-hybridized carbons (Fsp3) is 0.333. The van der Waals surface area contributed by atoms with Crippen LogP contribution in [0.25, 0.3) is 11.3 Å². The number of hydrogen-bond acceptors (Lipinski definition) is 8. The number of aromatic carboxylic acids is 2. The first-order chi connectivity index (χ1) is 17.3. The number of hydrogen-bond donors (Lipinski definition) is 2. The summed E-state index contributed by atoms with van der Waals surface area (Å²) in [4.78, 5) is 23.2. The van der Waals surface area contributed by atoms with Crippen LogP contribution in [0.4, 0.5) is 11.5 Å². The van der Waals surface area contributed by atoms with Gasteiger partial charge in [-0.05, 0) is 18.2 Å². The molecule has 0 amide bonds. The molecule has 37 heavy (non-hydrogen) atoms. The van der Waals surface area contributed by atoms with Crippen LogP contribution < -0.4 is 0 Å². The highest BCUT2D eigenvalue weighted by Gasteiger charge is 2.29. The number of carboxylic acids is 2. The summed E-state index contributed by atoms with van der Waals surface area (Å²) in [5.41, 5.74) is 0.990. The van der Waals surface area contributed by atoms with Crippen LogP contribution >= 0.6 is 0 Å². The van der Waals surface area contributed by atoms with E-state index < -0.39 is 17.4 Å². The second-order valence-corrected chi connectivity index (χ2v) is 9.80. The van der Waals surface area contributed by atoms with E-state index in [1.807, 2.05) is 40.7 Å². The number of fused-ring (bicyclic) bond motifs is 1. The van der Waals surface area contributed by atoms with Crippen LogP contribution in [0.3, 0.4) is 0 Å². The minimum Gasteiger partial charge on any atom is -0.478 e. The SMILES string of the molecule is CC(C)c1nn(C)c2c(/N=N/c3c(C#N)cnn3-c3cc(C(=O)O)cc(C(=O)O)c3)c(C(C)(C)C)nn12. The third-order valence-corrected chi connectivity index (χ3v) is 5.60. The molecule has 0 aliphatic carbocycles. The Hall–Kier alpha value is -4.86. The Morgan fingerprint density at radius 3 is 2.19 bits per heavy atom. The number of aryl methyl sites for hydroxylation is 1. The zero-order valence-electron chi connectivity index (χ0n) is 21.1. The number of carbonyl (C=O) groups is 2. The fourth-order valence-electron chi connectivity index (χ4n) is 3.84. The van der Waals surface area contributed by atoms with Gasteiger partial charge in [0.25, 0.3) is 0 Å². The van der Waals surface area contributed by atoms with E-state index in [1.54, 1.807) is 16.2 Å². The van der Waals surface area contributed by atoms with Gasteiger partial charge in [0.2, 0.25) is 0 Å². The Kier molecular flexibility index (Phi) is 6.12. The maximum absolute atomic E-state index is 11.6. The number of nitrogens with zero attached hydrogens (tertiary/aromatic N) is 9. The second kappa shape index (κ2) is 8.98. The Morgan fingerprint density at radius 2 is 1.68 bits per heavy atom. The van der Waals surface area contributed by atoms with Gasteiger partial charge in [-0.2, -0.15) is 25.1 Å². The highest BCUT2D eigenvalue weighted by Crippen LogP contribution is 2.37.